The summed E-state index contributed by atoms with van der Waals surface area (Å²) in [5.41, 5.74) is 1.38. The summed E-state index contributed by atoms with van der Waals surface area (Å²) in [6.45, 7) is 2.19. The third-order valence-electron chi connectivity index (χ3n) is 2.77. The minimum absolute atomic E-state index is 0.0310. The van der Waals surface area contributed by atoms with Crippen LogP contribution in [0.4, 0.5) is 11.5 Å². The van der Waals surface area contributed by atoms with Crippen LogP contribution in [0.5, 0.6) is 0 Å². The molecule has 1 N–H and O–H groups in total. The molecule has 0 bridgehead atoms. The van der Waals surface area contributed by atoms with Crippen molar-refractivity contribution < 1.29 is 4.92 Å². The fourth-order valence-corrected chi connectivity index (χ4v) is 1.92. The molecule has 0 unspecified atom stereocenters. The highest BCUT2D eigenvalue weighted by molar-refractivity contribution is 5.59. The number of aromatic nitrogens is 3. The number of rotatable bonds is 5. The molecule has 0 aromatic carbocycles. The van der Waals surface area contributed by atoms with Gasteiger partial charge in [-0.2, -0.15) is 5.10 Å². The van der Waals surface area contributed by atoms with Crippen molar-refractivity contribution >= 4 is 11.5 Å². The molecule has 2 rings (SSSR count). The van der Waals surface area contributed by atoms with Crippen LogP contribution in [0.1, 0.15) is 11.4 Å². The van der Waals surface area contributed by atoms with E-state index in [0.717, 1.165) is 5.69 Å². The summed E-state index contributed by atoms with van der Waals surface area (Å²) < 4.78 is 1.49. The van der Waals surface area contributed by atoms with Crippen molar-refractivity contribution in [3.63, 3.8) is 0 Å². The molecule has 0 fully saturated rings. The van der Waals surface area contributed by atoms with Crippen molar-refractivity contribution in [1.82, 2.24) is 14.8 Å². The molecule has 7 nitrogen and oxygen atoms in total. The van der Waals surface area contributed by atoms with Gasteiger partial charge in [0.2, 0.25) is 5.82 Å². The summed E-state index contributed by atoms with van der Waals surface area (Å²) in [6.07, 6.45) is 2.42. The smallest absolute Gasteiger partial charge is 0.333 e. The first-order chi connectivity index (χ1) is 9.09. The summed E-state index contributed by atoms with van der Waals surface area (Å²) >= 11 is 0. The van der Waals surface area contributed by atoms with Crippen molar-refractivity contribution in [2.45, 2.75) is 13.3 Å². The fraction of sp³-hybridized carbons (Fsp3) is 0.333. The zero-order valence-corrected chi connectivity index (χ0v) is 10.8. The van der Waals surface area contributed by atoms with Gasteiger partial charge in [-0.05, 0) is 19.1 Å². The van der Waals surface area contributed by atoms with Crippen molar-refractivity contribution in [2.75, 3.05) is 11.9 Å². The Bertz CT molecular complexity index is 579. The van der Waals surface area contributed by atoms with Crippen molar-refractivity contribution in [3.05, 3.63) is 45.9 Å². The molecule has 19 heavy (non-hydrogen) atoms. The summed E-state index contributed by atoms with van der Waals surface area (Å²) in [7, 11) is 1.68. The van der Waals surface area contributed by atoms with E-state index in [4.69, 9.17) is 0 Å². The van der Waals surface area contributed by atoms with Gasteiger partial charge in [0.05, 0.1) is 4.92 Å². The van der Waals surface area contributed by atoms with Crippen molar-refractivity contribution in [3.8, 4) is 0 Å². The monoisotopic (exact) mass is 261 g/mol. The highest BCUT2D eigenvalue weighted by Gasteiger charge is 2.23. The Morgan fingerprint density at radius 2 is 2.26 bits per heavy atom. The molecule has 100 valence electrons. The van der Waals surface area contributed by atoms with Crippen LogP contribution >= 0.6 is 0 Å². The predicted molar refractivity (Wildman–Crippen MR) is 71.0 cm³/mol. The summed E-state index contributed by atoms with van der Waals surface area (Å²) in [6, 6.07) is 5.69. The lowest BCUT2D eigenvalue weighted by atomic mass is 10.2. The van der Waals surface area contributed by atoms with Gasteiger partial charge in [-0.25, -0.2) is 4.68 Å². The first-order valence-corrected chi connectivity index (χ1v) is 5.91. The summed E-state index contributed by atoms with van der Waals surface area (Å²) in [5.74, 6) is 0.429. The number of hydrogen-bond donors (Lipinski definition) is 1. The lowest BCUT2D eigenvalue weighted by Gasteiger charge is -2.05. The topological polar surface area (TPSA) is 85.9 Å². The van der Waals surface area contributed by atoms with E-state index in [1.165, 1.54) is 4.68 Å². The normalized spacial score (nSPS) is 10.4. The maximum atomic E-state index is 11.0. The van der Waals surface area contributed by atoms with E-state index in [0.29, 0.717) is 24.5 Å². The largest absolute Gasteiger partial charge is 0.364 e. The van der Waals surface area contributed by atoms with Crippen LogP contribution in [-0.2, 0) is 13.5 Å². The minimum Gasteiger partial charge on any atom is -0.364 e. The third kappa shape index (κ3) is 2.87. The highest BCUT2D eigenvalue weighted by atomic mass is 16.6. The lowest BCUT2D eigenvalue weighted by molar-refractivity contribution is -0.384. The van der Waals surface area contributed by atoms with Gasteiger partial charge in [0, 0.05) is 31.9 Å². The van der Waals surface area contributed by atoms with Gasteiger partial charge in [-0.1, -0.05) is 6.07 Å². The Kier molecular flexibility index (Phi) is 3.74. The summed E-state index contributed by atoms with van der Waals surface area (Å²) in [5, 5.41) is 18.1. The van der Waals surface area contributed by atoms with Gasteiger partial charge < -0.3 is 5.32 Å². The molecular weight excluding hydrogens is 246 g/mol. The zero-order valence-electron chi connectivity index (χ0n) is 10.8. The number of nitrogens with zero attached hydrogens (tertiary/aromatic N) is 4. The van der Waals surface area contributed by atoms with Gasteiger partial charge in [-0.15, -0.1) is 0 Å². The number of aryl methyl sites for hydroxylation is 2. The van der Waals surface area contributed by atoms with Crippen LogP contribution in [0.15, 0.2) is 24.4 Å². The van der Waals surface area contributed by atoms with Gasteiger partial charge in [0.1, 0.15) is 5.69 Å². The van der Waals surface area contributed by atoms with Crippen LogP contribution in [-0.4, -0.2) is 26.2 Å². The van der Waals surface area contributed by atoms with Crippen LogP contribution in [0.25, 0.3) is 0 Å². The lowest BCUT2D eigenvalue weighted by Crippen LogP contribution is -2.10. The molecule has 0 radical (unpaired) electrons. The Balaban J connectivity index is 2.06. The Morgan fingerprint density at radius 1 is 1.47 bits per heavy atom. The second kappa shape index (κ2) is 5.47. The zero-order chi connectivity index (χ0) is 13.8. The first kappa shape index (κ1) is 13.0. The molecule has 0 aliphatic carbocycles. The van der Waals surface area contributed by atoms with Gasteiger partial charge in [0.25, 0.3) is 0 Å². The van der Waals surface area contributed by atoms with Gasteiger partial charge in [0.15, 0.2) is 0 Å². The quantitative estimate of drug-likeness (QED) is 0.653. The van der Waals surface area contributed by atoms with Crippen LogP contribution < -0.4 is 5.32 Å². The molecule has 2 aromatic heterocycles. The van der Waals surface area contributed by atoms with E-state index in [1.54, 1.807) is 20.2 Å². The number of anilines is 1. The van der Waals surface area contributed by atoms with Crippen LogP contribution in [0.3, 0.4) is 0 Å². The Morgan fingerprint density at radius 3 is 2.89 bits per heavy atom. The minimum atomic E-state index is -0.411. The van der Waals surface area contributed by atoms with E-state index in [1.807, 2.05) is 18.2 Å². The summed E-state index contributed by atoms with van der Waals surface area (Å²) in [4.78, 5) is 14.8. The molecule has 0 amide bonds. The number of nitro groups is 1. The van der Waals surface area contributed by atoms with Crippen molar-refractivity contribution in [2.24, 2.45) is 7.05 Å². The molecule has 0 saturated heterocycles. The Labute approximate surface area is 110 Å². The molecule has 0 aliphatic rings. The molecule has 0 aliphatic heterocycles. The maximum absolute atomic E-state index is 11.0. The second-order valence-electron chi connectivity index (χ2n) is 4.16. The molecule has 0 spiro atoms. The van der Waals surface area contributed by atoms with E-state index in [9.17, 15) is 10.1 Å². The fourth-order valence-electron chi connectivity index (χ4n) is 1.92. The number of nitrogens with one attached hydrogen (secondary N) is 1. The van der Waals surface area contributed by atoms with Crippen LogP contribution in [0, 0.1) is 17.0 Å². The number of pyridine rings is 1. The highest BCUT2D eigenvalue weighted by Crippen LogP contribution is 2.26. The third-order valence-corrected chi connectivity index (χ3v) is 2.77. The molecule has 0 saturated carbocycles. The molecule has 2 aromatic rings. The first-order valence-electron chi connectivity index (χ1n) is 5.91. The van der Waals surface area contributed by atoms with E-state index in [2.05, 4.69) is 15.4 Å². The molecule has 2 heterocycles. The van der Waals surface area contributed by atoms with Crippen molar-refractivity contribution in [1.29, 1.82) is 0 Å². The molecular formula is C12H15N5O2. The van der Waals surface area contributed by atoms with Gasteiger partial charge in [-0.3, -0.25) is 15.1 Å². The average Bonchev–Trinajstić information content (AvgIpc) is 2.65. The Hall–Kier alpha value is -2.44. The molecule has 0 atom stereocenters. The molecule has 7 heteroatoms. The number of hydrogen-bond acceptors (Lipinski definition) is 5. The van der Waals surface area contributed by atoms with E-state index < -0.39 is 4.92 Å². The van der Waals surface area contributed by atoms with Gasteiger partial charge >= 0.3 is 5.69 Å². The average molecular weight is 261 g/mol. The van der Waals surface area contributed by atoms with E-state index >= 15 is 0 Å². The second-order valence-corrected chi connectivity index (χ2v) is 4.16. The van der Waals surface area contributed by atoms with E-state index in [-0.39, 0.29) is 5.69 Å². The standard InChI is InChI=1S/C12H15N5O2/c1-9-11(17(18)19)12(16(2)15-9)14-8-6-10-5-3-4-7-13-10/h3-5,7,14H,6,8H2,1-2H3. The van der Waals surface area contributed by atoms with Crippen LogP contribution in [0.2, 0.25) is 0 Å². The SMILES string of the molecule is Cc1nn(C)c(NCCc2ccccn2)c1[N+](=O)[O-]. The predicted octanol–water partition coefficient (Wildman–Crippen LogP) is 1.69. The maximum Gasteiger partial charge on any atom is 0.333 e.